The van der Waals surface area contributed by atoms with Crippen molar-refractivity contribution in [3.05, 3.63) is 41.7 Å². The van der Waals surface area contributed by atoms with E-state index in [2.05, 4.69) is 11.5 Å². The number of piperazine rings is 1. The lowest BCUT2D eigenvalue weighted by Crippen LogP contribution is -2.48. The molecule has 0 aliphatic carbocycles. The normalized spacial score (nSPS) is 15.7. The third-order valence-electron chi connectivity index (χ3n) is 3.03. The van der Waals surface area contributed by atoms with Gasteiger partial charge in [0.2, 0.25) is 5.91 Å². The van der Waals surface area contributed by atoms with Gasteiger partial charge in [-0.1, -0.05) is 18.2 Å². The summed E-state index contributed by atoms with van der Waals surface area (Å²) in [6, 6.07) is 4.67. The van der Waals surface area contributed by atoms with Gasteiger partial charge in [0.25, 0.3) is 0 Å². The van der Waals surface area contributed by atoms with Crippen molar-refractivity contribution in [3.8, 4) is 0 Å². The predicted octanol–water partition coefficient (Wildman–Crippen LogP) is 2.31. The second-order valence-electron chi connectivity index (χ2n) is 4.11. The Morgan fingerprint density at radius 2 is 2.00 bits per heavy atom. The van der Waals surface area contributed by atoms with Crippen LogP contribution in [0.25, 0.3) is 0 Å². The molecule has 1 aromatic carbocycles. The van der Waals surface area contributed by atoms with Crippen LogP contribution in [0, 0.1) is 5.82 Å². The predicted molar refractivity (Wildman–Crippen MR) is 70.4 cm³/mol. The summed E-state index contributed by atoms with van der Waals surface area (Å²) in [5, 5.41) is 0.122. The van der Waals surface area contributed by atoms with Crippen molar-refractivity contribution in [3.63, 3.8) is 0 Å². The van der Waals surface area contributed by atoms with Crippen molar-refractivity contribution < 1.29 is 9.18 Å². The summed E-state index contributed by atoms with van der Waals surface area (Å²) in [6.45, 7) is 6.17. The minimum absolute atomic E-state index is 0.0493. The number of rotatable bonds is 2. The Morgan fingerprint density at radius 3 is 2.56 bits per heavy atom. The lowest BCUT2D eigenvalue weighted by molar-refractivity contribution is -0.126. The van der Waals surface area contributed by atoms with E-state index in [9.17, 15) is 9.18 Å². The maximum absolute atomic E-state index is 13.1. The smallest absolute Gasteiger partial charge is 0.246 e. The Morgan fingerprint density at radius 1 is 1.33 bits per heavy atom. The Kier molecular flexibility index (Phi) is 3.87. The standard InChI is InChI=1S/C13H14ClFN2O/c1-2-13(18)17-7-5-16(6-8-17)10-3-4-12(15)11(14)9-10/h2-4,9H,1,5-8H2. The molecular formula is C13H14ClFN2O. The van der Waals surface area contributed by atoms with Crippen LogP contribution in [0.2, 0.25) is 5.02 Å². The molecule has 0 bridgehead atoms. The molecule has 1 heterocycles. The van der Waals surface area contributed by atoms with Crippen LogP contribution in [0.1, 0.15) is 0 Å². The van der Waals surface area contributed by atoms with Crippen molar-refractivity contribution in [2.24, 2.45) is 0 Å². The summed E-state index contributed by atoms with van der Waals surface area (Å²) in [6.07, 6.45) is 1.32. The van der Waals surface area contributed by atoms with Gasteiger partial charge in [-0.3, -0.25) is 4.79 Å². The number of carbonyl (C=O) groups is 1. The Bertz CT molecular complexity index is 470. The van der Waals surface area contributed by atoms with Gasteiger partial charge in [-0.05, 0) is 24.3 Å². The summed E-state index contributed by atoms with van der Waals surface area (Å²) in [4.78, 5) is 15.3. The highest BCUT2D eigenvalue weighted by Gasteiger charge is 2.19. The summed E-state index contributed by atoms with van der Waals surface area (Å²) < 4.78 is 13.1. The minimum atomic E-state index is -0.416. The topological polar surface area (TPSA) is 23.6 Å². The molecule has 96 valence electrons. The zero-order valence-corrected chi connectivity index (χ0v) is 10.7. The highest BCUT2D eigenvalue weighted by Crippen LogP contribution is 2.23. The zero-order chi connectivity index (χ0) is 13.1. The van der Waals surface area contributed by atoms with Crippen LogP contribution >= 0.6 is 11.6 Å². The third kappa shape index (κ3) is 2.64. The van der Waals surface area contributed by atoms with E-state index in [4.69, 9.17) is 11.6 Å². The second kappa shape index (κ2) is 5.40. The van der Waals surface area contributed by atoms with Crippen molar-refractivity contribution in [1.29, 1.82) is 0 Å². The van der Waals surface area contributed by atoms with E-state index in [1.165, 1.54) is 12.1 Å². The van der Waals surface area contributed by atoms with Crippen LogP contribution in [0.15, 0.2) is 30.9 Å². The summed E-state index contributed by atoms with van der Waals surface area (Å²) in [5.74, 6) is -0.465. The monoisotopic (exact) mass is 268 g/mol. The van der Waals surface area contributed by atoms with Gasteiger partial charge in [0, 0.05) is 31.9 Å². The van der Waals surface area contributed by atoms with Gasteiger partial charge < -0.3 is 9.80 Å². The first-order valence-electron chi connectivity index (χ1n) is 5.73. The number of halogens is 2. The molecule has 1 aromatic rings. The average Bonchev–Trinajstić information content (AvgIpc) is 2.41. The molecule has 3 nitrogen and oxygen atoms in total. The third-order valence-corrected chi connectivity index (χ3v) is 3.32. The van der Waals surface area contributed by atoms with Gasteiger partial charge in [-0.15, -0.1) is 0 Å². The van der Waals surface area contributed by atoms with Crippen LogP contribution < -0.4 is 4.90 Å². The number of benzene rings is 1. The van der Waals surface area contributed by atoms with Crippen molar-refractivity contribution in [2.45, 2.75) is 0 Å². The summed E-state index contributed by atoms with van der Waals surface area (Å²) >= 11 is 5.76. The second-order valence-corrected chi connectivity index (χ2v) is 4.52. The molecule has 0 atom stereocenters. The number of anilines is 1. The van der Waals surface area contributed by atoms with E-state index in [-0.39, 0.29) is 10.9 Å². The van der Waals surface area contributed by atoms with E-state index < -0.39 is 5.82 Å². The fourth-order valence-corrected chi connectivity index (χ4v) is 2.17. The van der Waals surface area contributed by atoms with E-state index in [0.717, 1.165) is 5.69 Å². The highest BCUT2D eigenvalue weighted by atomic mass is 35.5. The summed E-state index contributed by atoms with van der Waals surface area (Å²) in [7, 11) is 0. The van der Waals surface area contributed by atoms with E-state index >= 15 is 0 Å². The molecule has 18 heavy (non-hydrogen) atoms. The fraction of sp³-hybridized carbons (Fsp3) is 0.308. The first-order valence-corrected chi connectivity index (χ1v) is 6.11. The maximum atomic E-state index is 13.1. The number of amides is 1. The average molecular weight is 269 g/mol. The van der Waals surface area contributed by atoms with Crippen molar-refractivity contribution in [2.75, 3.05) is 31.1 Å². The lowest BCUT2D eigenvalue weighted by atomic mass is 10.2. The van der Waals surface area contributed by atoms with Crippen LogP contribution in [0.4, 0.5) is 10.1 Å². The van der Waals surface area contributed by atoms with Crippen LogP contribution in [-0.4, -0.2) is 37.0 Å². The lowest BCUT2D eigenvalue weighted by Gasteiger charge is -2.35. The maximum Gasteiger partial charge on any atom is 0.246 e. The number of carbonyl (C=O) groups excluding carboxylic acids is 1. The van der Waals surface area contributed by atoms with Crippen LogP contribution in [0.3, 0.4) is 0 Å². The van der Waals surface area contributed by atoms with Gasteiger partial charge in [0.1, 0.15) is 5.82 Å². The van der Waals surface area contributed by atoms with Gasteiger partial charge in [-0.25, -0.2) is 4.39 Å². The van der Waals surface area contributed by atoms with Gasteiger partial charge in [0.15, 0.2) is 0 Å². The molecule has 0 aromatic heterocycles. The molecule has 5 heteroatoms. The molecule has 0 saturated carbocycles. The van der Waals surface area contributed by atoms with Crippen LogP contribution in [0.5, 0.6) is 0 Å². The van der Waals surface area contributed by atoms with E-state index in [0.29, 0.717) is 26.2 Å². The fourth-order valence-electron chi connectivity index (χ4n) is 2.00. The Labute approximate surface area is 110 Å². The molecule has 0 unspecified atom stereocenters. The molecule has 1 aliphatic heterocycles. The first-order chi connectivity index (χ1) is 8.61. The molecule has 0 N–H and O–H groups in total. The van der Waals surface area contributed by atoms with Crippen LogP contribution in [-0.2, 0) is 4.79 Å². The Hall–Kier alpha value is -1.55. The minimum Gasteiger partial charge on any atom is -0.368 e. The number of hydrogen-bond acceptors (Lipinski definition) is 2. The first kappa shape index (κ1) is 12.9. The molecule has 1 aliphatic rings. The zero-order valence-electron chi connectivity index (χ0n) is 9.90. The van der Waals surface area contributed by atoms with E-state index in [1.54, 1.807) is 17.0 Å². The van der Waals surface area contributed by atoms with Crippen molar-refractivity contribution in [1.82, 2.24) is 4.90 Å². The van der Waals surface area contributed by atoms with Gasteiger partial charge >= 0.3 is 0 Å². The largest absolute Gasteiger partial charge is 0.368 e. The number of hydrogen-bond donors (Lipinski definition) is 0. The molecule has 1 fully saturated rings. The van der Waals surface area contributed by atoms with Gasteiger partial charge in [-0.2, -0.15) is 0 Å². The Balaban J connectivity index is 2.03. The molecule has 0 spiro atoms. The molecule has 1 amide bonds. The van der Waals surface area contributed by atoms with Gasteiger partial charge in [0.05, 0.1) is 5.02 Å². The number of nitrogens with zero attached hydrogens (tertiary/aromatic N) is 2. The van der Waals surface area contributed by atoms with E-state index in [1.807, 2.05) is 0 Å². The highest BCUT2D eigenvalue weighted by molar-refractivity contribution is 6.31. The molecule has 0 radical (unpaired) electrons. The molecular weight excluding hydrogens is 255 g/mol. The van der Waals surface area contributed by atoms with Crippen molar-refractivity contribution >= 4 is 23.2 Å². The SMILES string of the molecule is C=CC(=O)N1CCN(c2ccc(F)c(Cl)c2)CC1. The quantitative estimate of drug-likeness (QED) is 0.769. The molecule has 1 saturated heterocycles. The molecule has 2 rings (SSSR count). The summed E-state index contributed by atoms with van der Waals surface area (Å²) in [5.41, 5.74) is 0.882.